The van der Waals surface area contributed by atoms with E-state index in [0.29, 0.717) is 49.7 Å². The number of nitrogens with one attached hydrogen (secondary N) is 1. The molecule has 2 aromatic rings. The molecule has 6 atom stereocenters. The predicted molar refractivity (Wildman–Crippen MR) is 179 cm³/mol. The zero-order valence-electron chi connectivity index (χ0n) is 25.6. The zero-order chi connectivity index (χ0) is 31.1. The summed E-state index contributed by atoms with van der Waals surface area (Å²) in [6, 6.07) is 11.8. The third kappa shape index (κ3) is 6.12. The van der Waals surface area contributed by atoms with Crippen LogP contribution in [0.1, 0.15) is 79.8 Å². The van der Waals surface area contributed by atoms with Crippen molar-refractivity contribution in [3.05, 3.63) is 70.3 Å². The number of anilines is 1. The van der Waals surface area contributed by atoms with E-state index in [-0.39, 0.29) is 28.4 Å². The summed E-state index contributed by atoms with van der Waals surface area (Å²) < 4.78 is 23.1. The van der Waals surface area contributed by atoms with Crippen LogP contribution in [0.5, 0.6) is 5.75 Å². The van der Waals surface area contributed by atoms with E-state index >= 15 is 0 Å². The number of rotatable bonds is 3. The van der Waals surface area contributed by atoms with Gasteiger partial charge in [0.1, 0.15) is 5.75 Å². The fourth-order valence-electron chi connectivity index (χ4n) is 8.03. The summed E-state index contributed by atoms with van der Waals surface area (Å²) in [6.45, 7) is 4.03. The molecule has 2 bridgehead atoms. The predicted octanol–water partition coefficient (Wildman–Crippen LogP) is 5.82. The van der Waals surface area contributed by atoms with Gasteiger partial charge in [0.05, 0.1) is 22.0 Å². The number of hydrogen-bond acceptors (Lipinski definition) is 5. The molecule has 6 rings (SSSR count). The van der Waals surface area contributed by atoms with Gasteiger partial charge in [-0.25, -0.2) is 4.21 Å². The molecule has 0 radical (unpaired) electrons. The highest BCUT2D eigenvalue weighted by Gasteiger charge is 2.44. The molecule has 0 saturated heterocycles. The number of fused-ring (bicyclic) bond motifs is 4. The Balaban J connectivity index is 1.43. The second kappa shape index (κ2) is 12.4. The summed E-state index contributed by atoms with van der Waals surface area (Å²) in [7, 11) is -2.90. The van der Waals surface area contributed by atoms with Crippen LogP contribution < -0.4 is 20.1 Å². The van der Waals surface area contributed by atoms with Gasteiger partial charge in [0.15, 0.2) is 0 Å². The van der Waals surface area contributed by atoms with Crippen molar-refractivity contribution >= 4 is 44.7 Å². The Bertz CT molecular complexity index is 1570. The number of primary amides is 1. The van der Waals surface area contributed by atoms with Gasteiger partial charge in [0.25, 0.3) is 5.91 Å². The number of allylic oxidation sites excluding steroid dienone is 2. The third-order valence-electron chi connectivity index (χ3n) is 10.5. The van der Waals surface area contributed by atoms with E-state index in [1.54, 1.807) is 6.07 Å². The Hall–Kier alpha value is -2.97. The number of amides is 2. The van der Waals surface area contributed by atoms with Crippen molar-refractivity contribution in [2.75, 3.05) is 24.6 Å². The fourth-order valence-corrected chi connectivity index (χ4v) is 9.88. The average molecular weight is 638 g/mol. The van der Waals surface area contributed by atoms with Crippen LogP contribution in [-0.2, 0) is 26.3 Å². The molecular formula is C35H44ClN3O4S. The number of aryl methyl sites for hydroxylation is 1. The minimum Gasteiger partial charge on any atom is -0.490 e. The second-order valence-electron chi connectivity index (χ2n) is 13.3. The summed E-state index contributed by atoms with van der Waals surface area (Å²) in [5.74, 6) is 4.82. The van der Waals surface area contributed by atoms with Crippen molar-refractivity contribution in [1.82, 2.24) is 4.72 Å². The number of halogens is 1. The van der Waals surface area contributed by atoms with Gasteiger partial charge in [0, 0.05) is 40.8 Å². The van der Waals surface area contributed by atoms with E-state index in [1.807, 2.05) is 25.1 Å². The topological polar surface area (TPSA) is 102 Å². The van der Waals surface area contributed by atoms with E-state index in [0.717, 1.165) is 61.7 Å². The molecule has 2 amide bonds. The summed E-state index contributed by atoms with van der Waals surface area (Å²) in [6.07, 6.45) is 11.7. The van der Waals surface area contributed by atoms with Gasteiger partial charge < -0.3 is 15.4 Å². The average Bonchev–Trinajstić information content (AvgIpc) is 3.11. The molecule has 7 nitrogen and oxygen atoms in total. The molecule has 2 heterocycles. The SMILES string of the molecule is C=S1(=O)NC(=O)c2ccc3c(c2)N(C[C@@H]2CC[C@H]2[C@@H](CC(N)=O)/C=C/CC[C@H]1CC)C[C@@]1(CCCc2cc(Cl)ccc21)CO3. The number of hydrogen-bond donors (Lipinski definition) is 2. The largest absolute Gasteiger partial charge is 0.490 e. The van der Waals surface area contributed by atoms with E-state index < -0.39 is 9.71 Å². The lowest BCUT2D eigenvalue weighted by Crippen LogP contribution is -2.49. The quantitative estimate of drug-likeness (QED) is 0.326. The molecule has 1 saturated carbocycles. The van der Waals surface area contributed by atoms with Gasteiger partial charge in [-0.3, -0.25) is 14.3 Å². The van der Waals surface area contributed by atoms with Crippen molar-refractivity contribution in [2.45, 2.75) is 75.4 Å². The maximum atomic E-state index is 13.7. The molecule has 1 fully saturated rings. The van der Waals surface area contributed by atoms with Crippen LogP contribution >= 0.6 is 11.6 Å². The van der Waals surface area contributed by atoms with E-state index in [9.17, 15) is 13.8 Å². The van der Waals surface area contributed by atoms with Crippen LogP contribution in [0.4, 0.5) is 5.69 Å². The third-order valence-corrected chi connectivity index (χ3v) is 12.9. The van der Waals surface area contributed by atoms with Crippen molar-refractivity contribution in [3.8, 4) is 5.75 Å². The molecule has 3 N–H and O–H groups in total. The first-order valence-electron chi connectivity index (χ1n) is 16.0. The van der Waals surface area contributed by atoms with Crippen LogP contribution in [0.25, 0.3) is 0 Å². The lowest BCUT2D eigenvalue weighted by molar-refractivity contribution is -0.119. The van der Waals surface area contributed by atoms with E-state index in [4.69, 9.17) is 22.1 Å². The monoisotopic (exact) mass is 637 g/mol. The Morgan fingerprint density at radius 1 is 1.23 bits per heavy atom. The minimum absolute atomic E-state index is 0.0589. The molecule has 0 aromatic heterocycles. The highest BCUT2D eigenvalue weighted by Crippen LogP contribution is 2.48. The highest BCUT2D eigenvalue weighted by atomic mass is 35.5. The van der Waals surface area contributed by atoms with Crippen LogP contribution in [0.3, 0.4) is 0 Å². The normalized spacial score (nSPS) is 32.7. The van der Waals surface area contributed by atoms with Crippen molar-refractivity contribution < 1.29 is 18.5 Å². The number of carbonyl (C=O) groups excluding carboxylic acids is 2. The van der Waals surface area contributed by atoms with Gasteiger partial charge in [-0.05, 0) is 116 Å². The second-order valence-corrected chi connectivity index (χ2v) is 16.1. The molecule has 2 aromatic carbocycles. The molecule has 1 spiro atoms. The van der Waals surface area contributed by atoms with Gasteiger partial charge >= 0.3 is 0 Å². The van der Waals surface area contributed by atoms with Crippen LogP contribution in [0.15, 0.2) is 48.6 Å². The smallest absolute Gasteiger partial charge is 0.262 e. The van der Waals surface area contributed by atoms with Crippen LogP contribution in [0, 0.1) is 17.8 Å². The van der Waals surface area contributed by atoms with Gasteiger partial charge in [-0.1, -0.05) is 36.7 Å². The van der Waals surface area contributed by atoms with Crippen LogP contribution in [0.2, 0.25) is 5.02 Å². The summed E-state index contributed by atoms with van der Waals surface area (Å²) >= 11 is 6.42. The first kappa shape index (κ1) is 31.0. The minimum atomic E-state index is -2.90. The number of ether oxygens (including phenoxy) is 1. The summed E-state index contributed by atoms with van der Waals surface area (Å²) in [5, 5.41) is 0.480. The fraction of sp³-hybridized carbons (Fsp3) is 0.514. The first-order valence-corrected chi connectivity index (χ1v) is 18.2. The molecule has 2 aliphatic carbocycles. The highest BCUT2D eigenvalue weighted by molar-refractivity contribution is 7.99. The summed E-state index contributed by atoms with van der Waals surface area (Å²) in [5.41, 5.74) is 9.39. The van der Waals surface area contributed by atoms with Crippen LogP contribution in [-0.4, -0.2) is 46.8 Å². The van der Waals surface area contributed by atoms with E-state index in [2.05, 4.69) is 39.8 Å². The van der Waals surface area contributed by atoms with Gasteiger partial charge in [-0.15, -0.1) is 0 Å². The first-order chi connectivity index (χ1) is 21.1. The molecule has 236 valence electrons. The van der Waals surface area contributed by atoms with E-state index in [1.165, 1.54) is 11.1 Å². The molecule has 2 aliphatic heterocycles. The van der Waals surface area contributed by atoms with Gasteiger partial charge in [-0.2, -0.15) is 0 Å². The number of benzene rings is 2. The lowest BCUT2D eigenvalue weighted by atomic mass is 9.65. The molecule has 1 unspecified atom stereocenters. The van der Waals surface area contributed by atoms with Crippen molar-refractivity contribution in [1.29, 1.82) is 0 Å². The maximum absolute atomic E-state index is 13.7. The Morgan fingerprint density at radius 3 is 2.82 bits per heavy atom. The van der Waals surface area contributed by atoms with Crippen molar-refractivity contribution in [2.24, 2.45) is 23.5 Å². The molecule has 44 heavy (non-hydrogen) atoms. The zero-order valence-corrected chi connectivity index (χ0v) is 27.1. The molecule has 9 heteroatoms. The van der Waals surface area contributed by atoms with Crippen molar-refractivity contribution in [3.63, 3.8) is 0 Å². The Labute approximate surface area is 266 Å². The standard InChI is InChI=1S/C35H44ClN3O4S/c1-3-28-9-5-4-7-23(19-33(37)40)29-13-10-26(29)20-39-21-35(16-6-8-24-17-27(36)12-14-30(24)35)22-43-32-15-11-25(18-31(32)39)34(41)38-44(28,2)42/h4,7,11-12,14-15,17-18,23,26,28-29H,2-3,5-6,8-10,13,16,19-22H2,1H3,(H2,37,40)(H,38,41,42)/b7-4+/t23-,26+,28-,29+,35+,44?/m1/s1. The number of nitrogens with two attached hydrogens (primary N) is 1. The lowest BCUT2D eigenvalue weighted by Gasteiger charge is -2.46. The summed E-state index contributed by atoms with van der Waals surface area (Å²) in [4.78, 5) is 28.1. The number of nitrogens with zero attached hydrogens (tertiary/aromatic N) is 1. The maximum Gasteiger partial charge on any atom is 0.262 e. The van der Waals surface area contributed by atoms with Gasteiger partial charge in [0.2, 0.25) is 5.91 Å². The Kier molecular flexibility index (Phi) is 8.77. The number of carbonyl (C=O) groups is 2. The Morgan fingerprint density at radius 2 is 2.07 bits per heavy atom. The molecule has 4 aliphatic rings. The molecular weight excluding hydrogens is 594 g/mol.